The van der Waals surface area contributed by atoms with E-state index in [-0.39, 0.29) is 17.2 Å². The molecule has 0 saturated heterocycles. The van der Waals surface area contributed by atoms with Gasteiger partial charge in [0.2, 0.25) is 5.91 Å². The predicted octanol–water partition coefficient (Wildman–Crippen LogP) is 3.83. The Hall–Kier alpha value is -1.50. The Kier molecular flexibility index (Phi) is 5.05. The van der Waals surface area contributed by atoms with Gasteiger partial charge in [-0.15, -0.1) is 23.1 Å². The minimum atomic E-state index is -1.06. The largest absolute Gasteiger partial charge is 0.478 e. The molecule has 0 spiro atoms. The van der Waals surface area contributed by atoms with Gasteiger partial charge in [0, 0.05) is 0 Å². The molecule has 0 atom stereocenters. The van der Waals surface area contributed by atoms with Crippen molar-refractivity contribution in [1.29, 1.82) is 0 Å². The van der Waals surface area contributed by atoms with Gasteiger partial charge in [0.05, 0.1) is 26.2 Å². The highest BCUT2D eigenvalue weighted by Crippen LogP contribution is 2.25. The summed E-state index contributed by atoms with van der Waals surface area (Å²) in [4.78, 5) is 22.7. The summed E-state index contributed by atoms with van der Waals surface area (Å²) < 4.78 is 1.05. The van der Waals surface area contributed by atoms with Crippen LogP contribution in [0.1, 0.15) is 10.4 Å². The molecule has 7 heteroatoms. The summed E-state index contributed by atoms with van der Waals surface area (Å²) in [7, 11) is 0. The summed E-state index contributed by atoms with van der Waals surface area (Å²) >= 11 is 8.91. The second-order valence-corrected chi connectivity index (χ2v) is 6.40. The quantitative estimate of drug-likeness (QED) is 0.819. The van der Waals surface area contributed by atoms with Crippen molar-refractivity contribution in [3.05, 3.63) is 46.3 Å². The summed E-state index contributed by atoms with van der Waals surface area (Å²) in [5, 5.41) is 13.8. The Balaban J connectivity index is 2.00. The van der Waals surface area contributed by atoms with Gasteiger partial charge in [-0.3, -0.25) is 4.79 Å². The average molecular weight is 328 g/mol. The minimum absolute atomic E-state index is 0.0793. The van der Waals surface area contributed by atoms with Crippen LogP contribution in [-0.4, -0.2) is 22.7 Å². The van der Waals surface area contributed by atoms with E-state index in [2.05, 4.69) is 5.32 Å². The molecular weight excluding hydrogens is 318 g/mol. The van der Waals surface area contributed by atoms with Crippen LogP contribution in [0, 0.1) is 0 Å². The first-order chi connectivity index (χ1) is 9.56. The van der Waals surface area contributed by atoms with Crippen LogP contribution in [0.5, 0.6) is 0 Å². The molecule has 2 aromatic rings. The van der Waals surface area contributed by atoms with E-state index in [1.807, 2.05) is 17.5 Å². The Labute approximate surface area is 128 Å². The monoisotopic (exact) mass is 327 g/mol. The lowest BCUT2D eigenvalue weighted by molar-refractivity contribution is -0.113. The van der Waals surface area contributed by atoms with Crippen LogP contribution in [-0.2, 0) is 4.79 Å². The first-order valence-electron chi connectivity index (χ1n) is 5.55. The highest BCUT2D eigenvalue weighted by atomic mass is 35.5. The van der Waals surface area contributed by atoms with Gasteiger partial charge in [0.1, 0.15) is 0 Å². The molecule has 2 N–H and O–H groups in total. The number of amides is 1. The number of thiophene rings is 1. The number of halogens is 1. The zero-order valence-corrected chi connectivity index (χ0v) is 12.5. The zero-order valence-electron chi connectivity index (χ0n) is 10.1. The molecule has 0 saturated carbocycles. The number of hydrogen-bond donors (Lipinski definition) is 2. The van der Waals surface area contributed by atoms with Crippen molar-refractivity contribution in [2.45, 2.75) is 4.21 Å². The molecule has 2 rings (SSSR count). The minimum Gasteiger partial charge on any atom is -0.478 e. The van der Waals surface area contributed by atoms with Gasteiger partial charge in [-0.25, -0.2) is 4.79 Å². The lowest BCUT2D eigenvalue weighted by atomic mass is 10.2. The van der Waals surface area contributed by atoms with Crippen molar-refractivity contribution in [3.8, 4) is 0 Å². The summed E-state index contributed by atoms with van der Waals surface area (Å²) in [5.41, 5.74) is 0.388. The standard InChI is InChI=1S/C13H10ClNO3S2/c14-9-4-3-8(13(17)18)6-10(9)15-11(16)7-20-12-2-1-5-19-12/h1-6H,7H2,(H,15,16)(H,17,18). The predicted molar refractivity (Wildman–Crippen MR) is 82.1 cm³/mol. The first kappa shape index (κ1) is 14.9. The maximum atomic E-state index is 11.8. The third-order valence-corrected chi connectivity index (χ3v) is 4.79. The summed E-state index contributed by atoms with van der Waals surface area (Å²) in [6.07, 6.45) is 0. The number of carboxylic acid groups (broad SMARTS) is 1. The molecule has 0 aliphatic carbocycles. The van der Waals surface area contributed by atoms with E-state index in [0.29, 0.717) is 10.7 Å². The van der Waals surface area contributed by atoms with E-state index < -0.39 is 5.97 Å². The van der Waals surface area contributed by atoms with Crippen molar-refractivity contribution in [1.82, 2.24) is 0 Å². The average Bonchev–Trinajstić information content (AvgIpc) is 2.92. The number of benzene rings is 1. The van der Waals surface area contributed by atoms with E-state index in [4.69, 9.17) is 16.7 Å². The number of carboxylic acids is 1. The van der Waals surface area contributed by atoms with Crippen molar-refractivity contribution in [2.75, 3.05) is 11.1 Å². The maximum absolute atomic E-state index is 11.8. The van der Waals surface area contributed by atoms with E-state index >= 15 is 0 Å². The molecular formula is C13H10ClNO3S2. The molecule has 20 heavy (non-hydrogen) atoms. The number of carbonyl (C=O) groups is 2. The molecule has 0 aliphatic heterocycles. The number of carbonyl (C=O) groups excluding carboxylic acids is 1. The molecule has 0 fully saturated rings. The van der Waals surface area contributed by atoms with Crippen LogP contribution in [0.4, 0.5) is 5.69 Å². The third kappa shape index (κ3) is 4.00. The maximum Gasteiger partial charge on any atom is 0.335 e. The van der Waals surface area contributed by atoms with Crippen molar-refractivity contribution < 1.29 is 14.7 Å². The number of rotatable bonds is 5. The topological polar surface area (TPSA) is 66.4 Å². The number of thioether (sulfide) groups is 1. The van der Waals surface area contributed by atoms with Crippen molar-refractivity contribution in [3.63, 3.8) is 0 Å². The fourth-order valence-electron chi connectivity index (χ4n) is 1.42. The molecule has 1 aromatic heterocycles. The van der Waals surface area contributed by atoms with Gasteiger partial charge in [0.15, 0.2) is 0 Å². The fraction of sp³-hybridized carbons (Fsp3) is 0.0769. The molecule has 0 bridgehead atoms. The molecule has 4 nitrogen and oxygen atoms in total. The van der Waals surface area contributed by atoms with Gasteiger partial charge in [0.25, 0.3) is 0 Å². The highest BCUT2D eigenvalue weighted by Gasteiger charge is 2.10. The van der Waals surface area contributed by atoms with Crippen LogP contribution in [0.2, 0.25) is 5.02 Å². The second-order valence-electron chi connectivity index (χ2n) is 3.77. The van der Waals surface area contributed by atoms with Gasteiger partial charge in [-0.1, -0.05) is 17.7 Å². The van der Waals surface area contributed by atoms with Gasteiger partial charge in [-0.2, -0.15) is 0 Å². The molecule has 0 radical (unpaired) electrons. The number of hydrogen-bond acceptors (Lipinski definition) is 4. The van der Waals surface area contributed by atoms with Crippen LogP contribution in [0.3, 0.4) is 0 Å². The lowest BCUT2D eigenvalue weighted by Crippen LogP contribution is -2.14. The van der Waals surface area contributed by atoms with Gasteiger partial charge >= 0.3 is 5.97 Å². The van der Waals surface area contributed by atoms with Crippen LogP contribution in [0.25, 0.3) is 0 Å². The smallest absolute Gasteiger partial charge is 0.335 e. The normalized spacial score (nSPS) is 10.2. The molecule has 0 unspecified atom stereocenters. The zero-order chi connectivity index (χ0) is 14.5. The molecule has 0 aliphatic rings. The van der Waals surface area contributed by atoms with E-state index in [0.717, 1.165) is 4.21 Å². The van der Waals surface area contributed by atoms with Crippen LogP contribution in [0.15, 0.2) is 39.9 Å². The fourth-order valence-corrected chi connectivity index (χ4v) is 3.17. The first-order valence-corrected chi connectivity index (χ1v) is 7.79. The van der Waals surface area contributed by atoms with Gasteiger partial charge < -0.3 is 10.4 Å². The van der Waals surface area contributed by atoms with Crippen LogP contribution >= 0.6 is 34.7 Å². The summed E-state index contributed by atoms with van der Waals surface area (Å²) in [5.74, 6) is -1.05. The number of nitrogens with one attached hydrogen (secondary N) is 1. The molecule has 1 aromatic carbocycles. The molecule has 1 heterocycles. The van der Waals surface area contributed by atoms with E-state index in [9.17, 15) is 9.59 Å². The van der Waals surface area contributed by atoms with Crippen LogP contribution < -0.4 is 5.32 Å². The van der Waals surface area contributed by atoms with Crippen molar-refractivity contribution in [2.24, 2.45) is 0 Å². The molecule has 104 valence electrons. The molecule has 1 amide bonds. The van der Waals surface area contributed by atoms with Gasteiger partial charge in [-0.05, 0) is 29.6 Å². The third-order valence-electron chi connectivity index (χ3n) is 2.33. The lowest BCUT2D eigenvalue weighted by Gasteiger charge is -2.07. The summed E-state index contributed by atoms with van der Waals surface area (Å²) in [6.45, 7) is 0. The Bertz CT molecular complexity index is 629. The Morgan fingerprint density at radius 3 is 2.80 bits per heavy atom. The van der Waals surface area contributed by atoms with E-state index in [1.165, 1.54) is 30.0 Å². The number of anilines is 1. The SMILES string of the molecule is O=C(CSc1cccs1)Nc1cc(C(=O)O)ccc1Cl. The summed E-state index contributed by atoms with van der Waals surface area (Å²) in [6, 6.07) is 8.03. The Morgan fingerprint density at radius 1 is 1.35 bits per heavy atom. The Morgan fingerprint density at radius 2 is 2.15 bits per heavy atom. The number of aromatic carboxylic acids is 1. The van der Waals surface area contributed by atoms with E-state index in [1.54, 1.807) is 11.3 Å². The van der Waals surface area contributed by atoms with Crippen molar-refractivity contribution >= 4 is 52.3 Å². The second kappa shape index (κ2) is 6.78. The highest BCUT2D eigenvalue weighted by molar-refractivity contribution is 8.01.